The van der Waals surface area contributed by atoms with Gasteiger partial charge in [0.1, 0.15) is 0 Å². The molecule has 0 radical (unpaired) electrons. The van der Waals surface area contributed by atoms with E-state index in [1.807, 2.05) is 0 Å². The van der Waals surface area contributed by atoms with E-state index in [-0.39, 0.29) is 18.8 Å². The second-order valence-corrected chi connectivity index (χ2v) is 3.72. The van der Waals surface area contributed by atoms with Crippen molar-refractivity contribution in [1.29, 1.82) is 0 Å². The van der Waals surface area contributed by atoms with Gasteiger partial charge >= 0.3 is 0 Å². The fourth-order valence-electron chi connectivity index (χ4n) is 1.20. The van der Waals surface area contributed by atoms with Crippen LogP contribution in [-0.2, 0) is 19.2 Å². The van der Waals surface area contributed by atoms with Gasteiger partial charge in [-0.3, -0.25) is 29.8 Å². The van der Waals surface area contributed by atoms with Crippen LogP contribution in [-0.4, -0.2) is 23.6 Å². The fraction of sp³-hybridized carbons (Fsp3) is 0.600. The van der Waals surface area contributed by atoms with Gasteiger partial charge in [-0.05, 0) is 5.92 Å². The Balaban J connectivity index is 3.94. The van der Waals surface area contributed by atoms with Crippen molar-refractivity contribution < 1.29 is 19.2 Å². The summed E-state index contributed by atoms with van der Waals surface area (Å²) in [5, 5.41) is 4.22. The van der Waals surface area contributed by atoms with E-state index in [0.717, 1.165) is 0 Å². The van der Waals surface area contributed by atoms with Crippen molar-refractivity contribution in [3.63, 3.8) is 0 Å². The number of rotatable bonds is 4. The van der Waals surface area contributed by atoms with Crippen LogP contribution in [0.3, 0.4) is 0 Å². The standard InChI is InChI=1S/C10H16N2O4/c1-6(4-9(15)11-7(2)13)5-10(16)12-8(3)14/h6H,4-5H2,1-3H3,(H,11,13,15)(H,12,14,16). The molecule has 0 aromatic heterocycles. The monoisotopic (exact) mass is 228 g/mol. The largest absolute Gasteiger partial charge is 0.297 e. The van der Waals surface area contributed by atoms with Crippen molar-refractivity contribution in [3.05, 3.63) is 0 Å². The van der Waals surface area contributed by atoms with E-state index in [9.17, 15) is 19.2 Å². The number of carbonyl (C=O) groups excluding carboxylic acids is 4. The number of carbonyl (C=O) groups is 4. The van der Waals surface area contributed by atoms with Crippen LogP contribution in [0.4, 0.5) is 0 Å². The van der Waals surface area contributed by atoms with Crippen molar-refractivity contribution in [2.45, 2.75) is 33.6 Å². The Morgan fingerprint density at radius 2 is 1.19 bits per heavy atom. The summed E-state index contributed by atoms with van der Waals surface area (Å²) in [6, 6.07) is 0. The normalized spacial score (nSPS) is 9.75. The van der Waals surface area contributed by atoms with Gasteiger partial charge in [-0.1, -0.05) is 6.92 Å². The second-order valence-electron chi connectivity index (χ2n) is 3.72. The number of imide groups is 2. The third-order valence-electron chi connectivity index (χ3n) is 1.70. The summed E-state index contributed by atoms with van der Waals surface area (Å²) in [6.45, 7) is 4.18. The molecular formula is C10H16N2O4. The molecule has 0 aromatic carbocycles. The maximum absolute atomic E-state index is 11.1. The Morgan fingerprint density at radius 1 is 0.875 bits per heavy atom. The van der Waals surface area contributed by atoms with Crippen LogP contribution < -0.4 is 10.6 Å². The first kappa shape index (κ1) is 14.3. The minimum absolute atomic E-state index is 0.0743. The predicted molar refractivity (Wildman–Crippen MR) is 56.0 cm³/mol. The third kappa shape index (κ3) is 7.66. The van der Waals surface area contributed by atoms with E-state index in [2.05, 4.69) is 10.6 Å². The molecule has 0 saturated heterocycles. The van der Waals surface area contributed by atoms with Gasteiger partial charge in [0.2, 0.25) is 23.6 Å². The van der Waals surface area contributed by atoms with Crippen LogP contribution in [0.25, 0.3) is 0 Å². The molecule has 2 N–H and O–H groups in total. The molecule has 16 heavy (non-hydrogen) atoms. The number of nitrogens with one attached hydrogen (secondary N) is 2. The molecule has 0 fully saturated rings. The molecule has 0 atom stereocenters. The molecule has 0 spiro atoms. The van der Waals surface area contributed by atoms with Crippen LogP contribution in [0, 0.1) is 5.92 Å². The maximum atomic E-state index is 11.1. The van der Waals surface area contributed by atoms with E-state index >= 15 is 0 Å². The minimum Gasteiger partial charge on any atom is -0.297 e. The summed E-state index contributed by atoms with van der Waals surface area (Å²) in [7, 11) is 0. The highest BCUT2D eigenvalue weighted by atomic mass is 16.2. The average molecular weight is 228 g/mol. The first-order valence-electron chi connectivity index (χ1n) is 4.92. The summed E-state index contributed by atoms with van der Waals surface area (Å²) in [5.74, 6) is -1.92. The summed E-state index contributed by atoms with van der Waals surface area (Å²) in [4.78, 5) is 43.4. The van der Waals surface area contributed by atoms with Crippen molar-refractivity contribution in [3.8, 4) is 0 Å². The first-order valence-corrected chi connectivity index (χ1v) is 4.92. The zero-order valence-electron chi connectivity index (χ0n) is 9.62. The summed E-state index contributed by atoms with van der Waals surface area (Å²) >= 11 is 0. The molecule has 0 aliphatic carbocycles. The highest BCUT2D eigenvalue weighted by molar-refractivity contribution is 5.95. The Labute approximate surface area is 93.8 Å². The molecule has 0 aromatic rings. The summed E-state index contributed by atoms with van der Waals surface area (Å²) < 4.78 is 0. The van der Waals surface area contributed by atoms with E-state index in [4.69, 9.17) is 0 Å². The fourth-order valence-corrected chi connectivity index (χ4v) is 1.20. The number of hydrogen-bond donors (Lipinski definition) is 2. The first-order chi connectivity index (χ1) is 7.31. The zero-order valence-corrected chi connectivity index (χ0v) is 9.62. The Hall–Kier alpha value is -1.72. The molecule has 0 saturated carbocycles. The van der Waals surface area contributed by atoms with Crippen LogP contribution in [0.15, 0.2) is 0 Å². The van der Waals surface area contributed by atoms with Crippen LogP contribution in [0.1, 0.15) is 33.6 Å². The Morgan fingerprint density at radius 3 is 1.44 bits per heavy atom. The molecule has 0 aliphatic heterocycles. The van der Waals surface area contributed by atoms with Crippen LogP contribution in [0.2, 0.25) is 0 Å². The SMILES string of the molecule is CC(=O)NC(=O)CC(C)CC(=O)NC(C)=O. The van der Waals surface area contributed by atoms with Crippen molar-refractivity contribution in [2.75, 3.05) is 0 Å². The topological polar surface area (TPSA) is 92.3 Å². The Bertz CT molecular complexity index is 282. The summed E-state index contributed by atoms with van der Waals surface area (Å²) in [5.41, 5.74) is 0. The molecule has 0 unspecified atom stereocenters. The number of hydrogen-bond acceptors (Lipinski definition) is 4. The van der Waals surface area contributed by atoms with Crippen LogP contribution in [0.5, 0.6) is 0 Å². The lowest BCUT2D eigenvalue weighted by molar-refractivity contribution is -0.129. The van der Waals surface area contributed by atoms with Gasteiger partial charge in [-0.15, -0.1) is 0 Å². The molecule has 0 rings (SSSR count). The molecule has 6 heteroatoms. The van der Waals surface area contributed by atoms with E-state index in [1.54, 1.807) is 6.92 Å². The van der Waals surface area contributed by atoms with Crippen molar-refractivity contribution >= 4 is 23.6 Å². The molecular weight excluding hydrogens is 212 g/mol. The van der Waals surface area contributed by atoms with Gasteiger partial charge in [0.25, 0.3) is 0 Å². The zero-order chi connectivity index (χ0) is 12.7. The molecule has 0 heterocycles. The highest BCUT2D eigenvalue weighted by Gasteiger charge is 2.14. The van der Waals surface area contributed by atoms with Gasteiger partial charge in [-0.2, -0.15) is 0 Å². The third-order valence-corrected chi connectivity index (χ3v) is 1.70. The van der Waals surface area contributed by atoms with Gasteiger partial charge < -0.3 is 0 Å². The maximum Gasteiger partial charge on any atom is 0.226 e. The molecule has 6 nitrogen and oxygen atoms in total. The second kappa shape index (κ2) is 6.71. The van der Waals surface area contributed by atoms with Gasteiger partial charge in [0.15, 0.2) is 0 Å². The molecule has 0 aliphatic rings. The van der Waals surface area contributed by atoms with Gasteiger partial charge in [0, 0.05) is 26.7 Å². The molecule has 4 amide bonds. The Kier molecular flexibility index (Phi) is 5.99. The van der Waals surface area contributed by atoms with Crippen LogP contribution >= 0.6 is 0 Å². The average Bonchev–Trinajstić information content (AvgIpc) is 1.97. The lowest BCUT2D eigenvalue weighted by Crippen LogP contribution is -2.32. The number of amides is 4. The van der Waals surface area contributed by atoms with Crippen molar-refractivity contribution in [2.24, 2.45) is 5.92 Å². The smallest absolute Gasteiger partial charge is 0.226 e. The predicted octanol–water partition coefficient (Wildman–Crippen LogP) is -0.272. The summed E-state index contributed by atoms with van der Waals surface area (Å²) in [6.07, 6.45) is 0.149. The van der Waals surface area contributed by atoms with E-state index in [1.165, 1.54) is 13.8 Å². The van der Waals surface area contributed by atoms with E-state index < -0.39 is 23.6 Å². The van der Waals surface area contributed by atoms with Crippen molar-refractivity contribution in [1.82, 2.24) is 10.6 Å². The van der Waals surface area contributed by atoms with E-state index in [0.29, 0.717) is 0 Å². The van der Waals surface area contributed by atoms with Gasteiger partial charge in [-0.25, -0.2) is 0 Å². The lowest BCUT2D eigenvalue weighted by atomic mass is 10.0. The molecule has 0 bridgehead atoms. The highest BCUT2D eigenvalue weighted by Crippen LogP contribution is 2.06. The lowest BCUT2D eigenvalue weighted by Gasteiger charge is -2.09. The quantitative estimate of drug-likeness (QED) is 0.692. The van der Waals surface area contributed by atoms with Gasteiger partial charge in [0.05, 0.1) is 0 Å². The minimum atomic E-state index is -0.426. The molecule has 90 valence electrons.